The summed E-state index contributed by atoms with van der Waals surface area (Å²) in [5.41, 5.74) is 4.08. The van der Waals surface area contributed by atoms with Crippen molar-refractivity contribution < 1.29 is 9.47 Å². The third-order valence-electron chi connectivity index (χ3n) is 5.46. The number of methoxy groups -OCH3 is 1. The van der Waals surface area contributed by atoms with Gasteiger partial charge in [-0.25, -0.2) is 19.9 Å². The maximum atomic E-state index is 5.93. The van der Waals surface area contributed by atoms with E-state index in [0.29, 0.717) is 18.1 Å². The molecule has 5 aromatic rings. The second kappa shape index (κ2) is 11.7. The first-order valence-corrected chi connectivity index (χ1v) is 13.5. The van der Waals surface area contributed by atoms with Crippen molar-refractivity contribution in [1.29, 1.82) is 0 Å². The lowest BCUT2D eigenvalue weighted by atomic mass is 10.1. The molecule has 0 bridgehead atoms. The predicted octanol–water partition coefficient (Wildman–Crippen LogP) is 6.89. The molecule has 0 saturated heterocycles. The Kier molecular flexibility index (Phi) is 7.90. The SMILES string of the molecule is COc1ccc(CNc2ncc(-c3cc(-c4cc(OC(C)C)ccc4Br)nc(-c4cnccn4)n3)s2)cc1. The fourth-order valence-corrected chi connectivity index (χ4v) is 4.90. The molecular formula is C28H25BrN6O2S. The minimum absolute atomic E-state index is 0.0566. The Labute approximate surface area is 233 Å². The van der Waals surface area contributed by atoms with Crippen molar-refractivity contribution in [3.63, 3.8) is 0 Å². The smallest absolute Gasteiger partial charge is 0.183 e. The molecule has 3 heterocycles. The highest BCUT2D eigenvalue weighted by Gasteiger charge is 2.16. The Hall–Kier alpha value is -3.89. The van der Waals surface area contributed by atoms with Crippen LogP contribution in [0.2, 0.25) is 0 Å². The zero-order valence-corrected chi connectivity index (χ0v) is 23.5. The molecule has 192 valence electrons. The van der Waals surface area contributed by atoms with E-state index in [1.807, 2.05) is 68.6 Å². The van der Waals surface area contributed by atoms with Crippen LogP contribution in [0.3, 0.4) is 0 Å². The van der Waals surface area contributed by atoms with E-state index in [9.17, 15) is 0 Å². The molecule has 0 spiro atoms. The minimum atomic E-state index is 0.0566. The van der Waals surface area contributed by atoms with Crippen LogP contribution in [0.4, 0.5) is 5.13 Å². The lowest BCUT2D eigenvalue weighted by Gasteiger charge is -2.13. The summed E-state index contributed by atoms with van der Waals surface area (Å²) in [6.45, 7) is 4.65. The first-order valence-electron chi connectivity index (χ1n) is 11.9. The van der Waals surface area contributed by atoms with Crippen LogP contribution in [0.25, 0.3) is 33.3 Å². The number of benzene rings is 2. The third-order valence-corrected chi connectivity index (χ3v) is 7.13. The number of nitrogens with one attached hydrogen (secondary N) is 1. The highest BCUT2D eigenvalue weighted by Crippen LogP contribution is 2.36. The van der Waals surface area contributed by atoms with E-state index in [4.69, 9.17) is 19.4 Å². The quantitative estimate of drug-likeness (QED) is 0.199. The van der Waals surface area contributed by atoms with Gasteiger partial charge < -0.3 is 14.8 Å². The maximum absolute atomic E-state index is 5.93. The lowest BCUT2D eigenvalue weighted by molar-refractivity contribution is 0.242. The van der Waals surface area contributed by atoms with Gasteiger partial charge in [-0.15, -0.1) is 0 Å². The fourth-order valence-electron chi connectivity index (χ4n) is 3.68. The van der Waals surface area contributed by atoms with Crippen molar-refractivity contribution in [2.45, 2.75) is 26.5 Å². The number of anilines is 1. The van der Waals surface area contributed by atoms with Gasteiger partial charge in [0, 0.05) is 35.2 Å². The van der Waals surface area contributed by atoms with Crippen molar-refractivity contribution in [2.75, 3.05) is 12.4 Å². The second-order valence-electron chi connectivity index (χ2n) is 8.59. The van der Waals surface area contributed by atoms with E-state index in [-0.39, 0.29) is 6.10 Å². The number of nitrogens with zero attached hydrogens (tertiary/aromatic N) is 5. The van der Waals surface area contributed by atoms with Crippen molar-refractivity contribution in [3.8, 4) is 44.8 Å². The Morgan fingerprint density at radius 1 is 0.895 bits per heavy atom. The molecule has 10 heteroatoms. The highest BCUT2D eigenvalue weighted by molar-refractivity contribution is 9.10. The number of hydrogen-bond acceptors (Lipinski definition) is 9. The van der Waals surface area contributed by atoms with Crippen LogP contribution in [0.5, 0.6) is 11.5 Å². The number of rotatable bonds is 9. The Balaban J connectivity index is 1.48. The Morgan fingerprint density at radius 3 is 2.42 bits per heavy atom. The van der Waals surface area contributed by atoms with Crippen molar-refractivity contribution in [2.24, 2.45) is 0 Å². The van der Waals surface area contributed by atoms with Crippen molar-refractivity contribution >= 4 is 32.4 Å². The summed E-state index contributed by atoms with van der Waals surface area (Å²) < 4.78 is 12.1. The fraction of sp³-hybridized carbons (Fsp3) is 0.179. The summed E-state index contributed by atoms with van der Waals surface area (Å²) in [5.74, 6) is 2.08. The number of ether oxygens (including phenoxy) is 2. The zero-order valence-electron chi connectivity index (χ0n) is 21.1. The minimum Gasteiger partial charge on any atom is -0.497 e. The van der Waals surface area contributed by atoms with Gasteiger partial charge in [0.15, 0.2) is 11.0 Å². The number of aromatic nitrogens is 5. The zero-order chi connectivity index (χ0) is 26.5. The van der Waals surface area contributed by atoms with Gasteiger partial charge >= 0.3 is 0 Å². The van der Waals surface area contributed by atoms with E-state index in [1.165, 1.54) is 11.3 Å². The van der Waals surface area contributed by atoms with Gasteiger partial charge in [0.05, 0.1) is 35.7 Å². The van der Waals surface area contributed by atoms with E-state index < -0.39 is 0 Å². The lowest BCUT2D eigenvalue weighted by Crippen LogP contribution is -2.05. The van der Waals surface area contributed by atoms with Crippen molar-refractivity contribution in [1.82, 2.24) is 24.9 Å². The van der Waals surface area contributed by atoms with E-state index >= 15 is 0 Å². The maximum Gasteiger partial charge on any atom is 0.183 e. The molecule has 2 aromatic carbocycles. The summed E-state index contributed by atoms with van der Waals surface area (Å²) in [7, 11) is 1.66. The monoisotopic (exact) mass is 588 g/mol. The van der Waals surface area contributed by atoms with Crippen LogP contribution < -0.4 is 14.8 Å². The molecule has 0 saturated carbocycles. The molecule has 0 aliphatic rings. The number of halogens is 1. The van der Waals surface area contributed by atoms with Crippen LogP contribution in [0.1, 0.15) is 19.4 Å². The molecule has 8 nitrogen and oxygen atoms in total. The van der Waals surface area contributed by atoms with Gasteiger partial charge in [-0.3, -0.25) is 4.98 Å². The summed E-state index contributed by atoms with van der Waals surface area (Å²) >= 11 is 5.21. The van der Waals surface area contributed by atoms with Crippen LogP contribution >= 0.6 is 27.3 Å². The average Bonchev–Trinajstić information content (AvgIpc) is 3.42. The van der Waals surface area contributed by atoms with E-state index in [2.05, 4.69) is 36.2 Å². The molecule has 0 atom stereocenters. The summed E-state index contributed by atoms with van der Waals surface area (Å²) in [6.07, 6.45) is 6.79. The molecule has 38 heavy (non-hydrogen) atoms. The van der Waals surface area contributed by atoms with Crippen LogP contribution in [0, 0.1) is 0 Å². The summed E-state index contributed by atoms with van der Waals surface area (Å²) in [5, 5.41) is 4.19. The second-order valence-corrected chi connectivity index (χ2v) is 10.5. The standard InChI is InChI=1S/C28H25BrN6O2S/c1-17(2)37-20-8-9-22(29)21(12-20)23-13-24(35-27(34-23)25-15-30-10-11-31-25)26-16-33-28(38-26)32-14-18-4-6-19(36-3)7-5-18/h4-13,15-17H,14H2,1-3H3,(H,32,33). The predicted molar refractivity (Wildman–Crippen MR) is 153 cm³/mol. The van der Waals surface area contributed by atoms with Gasteiger partial charge in [0.1, 0.15) is 17.2 Å². The van der Waals surface area contributed by atoms with Gasteiger partial charge in [-0.1, -0.05) is 39.4 Å². The summed E-state index contributed by atoms with van der Waals surface area (Å²) in [4.78, 5) is 23.8. The number of hydrogen-bond donors (Lipinski definition) is 1. The van der Waals surface area contributed by atoms with Crippen LogP contribution in [-0.4, -0.2) is 38.1 Å². The number of thiazole rings is 1. The van der Waals surface area contributed by atoms with Crippen molar-refractivity contribution in [3.05, 3.63) is 83.4 Å². The molecule has 5 rings (SSSR count). The molecule has 0 unspecified atom stereocenters. The Bertz CT molecular complexity index is 1530. The van der Waals surface area contributed by atoms with Gasteiger partial charge in [-0.2, -0.15) is 0 Å². The molecule has 0 amide bonds. The first-order chi connectivity index (χ1) is 18.5. The normalized spacial score (nSPS) is 11.0. The van der Waals surface area contributed by atoms with Gasteiger partial charge in [0.2, 0.25) is 0 Å². The topological polar surface area (TPSA) is 94.9 Å². The molecule has 0 radical (unpaired) electrons. The molecule has 0 fully saturated rings. The van der Waals surface area contributed by atoms with Gasteiger partial charge in [0.25, 0.3) is 0 Å². The molecule has 3 aromatic heterocycles. The molecule has 1 N–H and O–H groups in total. The van der Waals surface area contributed by atoms with E-state index in [0.717, 1.165) is 48.5 Å². The van der Waals surface area contributed by atoms with Crippen LogP contribution in [0.15, 0.2) is 77.8 Å². The molecule has 0 aliphatic heterocycles. The van der Waals surface area contributed by atoms with Gasteiger partial charge in [-0.05, 0) is 55.8 Å². The molecule has 0 aliphatic carbocycles. The Morgan fingerprint density at radius 2 is 1.68 bits per heavy atom. The van der Waals surface area contributed by atoms with E-state index in [1.54, 1.807) is 25.7 Å². The first kappa shape index (κ1) is 25.7. The largest absolute Gasteiger partial charge is 0.497 e. The summed E-state index contributed by atoms with van der Waals surface area (Å²) in [6, 6.07) is 15.8. The average molecular weight is 590 g/mol. The third kappa shape index (κ3) is 6.15. The van der Waals surface area contributed by atoms with Crippen LogP contribution in [-0.2, 0) is 6.54 Å². The molecular weight excluding hydrogens is 564 g/mol. The highest BCUT2D eigenvalue weighted by atomic mass is 79.9.